The number of nitrogens with zero attached hydrogens (tertiary/aromatic N) is 4. The summed E-state index contributed by atoms with van der Waals surface area (Å²) in [6, 6.07) is 5.05. The largest absolute Gasteiger partial charge is 0.344 e. The summed E-state index contributed by atoms with van der Waals surface area (Å²) in [5.41, 5.74) is 0.927. The number of rotatable bonds is 5. The Hall–Kier alpha value is -2.42. The number of aryl methyl sites for hydroxylation is 1. The van der Waals surface area contributed by atoms with Gasteiger partial charge in [0.2, 0.25) is 11.7 Å². The number of H-pyrrole nitrogens is 1. The standard InChI is InChI=1S/C16H16FN5O2S/c1-8-3-4-10(7-12(8)17)13-18-14(24-21-13)9(2)25-16-20-19-15(23)22(16)11-5-6-11/h3-4,7,9,11H,5-6H2,1-2H3,(H,19,23). The van der Waals surface area contributed by atoms with E-state index < -0.39 is 0 Å². The molecule has 0 saturated heterocycles. The van der Waals surface area contributed by atoms with Crippen molar-refractivity contribution in [3.8, 4) is 11.4 Å². The van der Waals surface area contributed by atoms with Crippen LogP contribution in [-0.2, 0) is 0 Å². The van der Waals surface area contributed by atoms with Gasteiger partial charge in [-0.2, -0.15) is 4.98 Å². The second-order valence-corrected chi connectivity index (χ2v) is 7.40. The summed E-state index contributed by atoms with van der Waals surface area (Å²) in [6.07, 6.45) is 1.98. The molecule has 3 aromatic rings. The molecule has 1 fully saturated rings. The van der Waals surface area contributed by atoms with E-state index >= 15 is 0 Å². The van der Waals surface area contributed by atoms with Gasteiger partial charge in [-0.1, -0.05) is 29.1 Å². The molecule has 4 rings (SSSR count). The van der Waals surface area contributed by atoms with Crippen molar-refractivity contribution in [3.05, 3.63) is 46.0 Å². The molecular formula is C16H16FN5O2S. The van der Waals surface area contributed by atoms with E-state index in [0.29, 0.717) is 28.0 Å². The molecule has 0 bridgehead atoms. The van der Waals surface area contributed by atoms with Crippen LogP contribution in [0.2, 0.25) is 0 Å². The normalized spacial score (nSPS) is 15.5. The van der Waals surface area contributed by atoms with E-state index in [2.05, 4.69) is 20.3 Å². The van der Waals surface area contributed by atoms with Gasteiger partial charge in [-0.15, -0.1) is 5.10 Å². The van der Waals surface area contributed by atoms with Crippen molar-refractivity contribution in [1.82, 2.24) is 24.9 Å². The van der Waals surface area contributed by atoms with E-state index in [1.54, 1.807) is 23.6 Å². The highest BCUT2D eigenvalue weighted by Crippen LogP contribution is 2.39. The molecule has 0 amide bonds. The van der Waals surface area contributed by atoms with Crippen LogP contribution < -0.4 is 5.69 Å². The summed E-state index contributed by atoms with van der Waals surface area (Å²) in [5.74, 6) is 0.429. The lowest BCUT2D eigenvalue weighted by atomic mass is 10.1. The predicted molar refractivity (Wildman–Crippen MR) is 89.8 cm³/mol. The van der Waals surface area contributed by atoms with Crippen molar-refractivity contribution in [1.29, 1.82) is 0 Å². The van der Waals surface area contributed by atoms with Crippen molar-refractivity contribution in [2.24, 2.45) is 0 Å². The van der Waals surface area contributed by atoms with Crippen molar-refractivity contribution in [2.75, 3.05) is 0 Å². The molecule has 9 heteroatoms. The highest BCUT2D eigenvalue weighted by Gasteiger charge is 2.30. The zero-order valence-electron chi connectivity index (χ0n) is 13.7. The molecule has 1 saturated carbocycles. The van der Waals surface area contributed by atoms with Crippen LogP contribution in [0.1, 0.15) is 42.5 Å². The second-order valence-electron chi connectivity index (χ2n) is 6.09. The molecule has 0 spiro atoms. The maximum Gasteiger partial charge on any atom is 0.344 e. The molecular weight excluding hydrogens is 345 g/mol. The molecule has 1 aliphatic carbocycles. The van der Waals surface area contributed by atoms with Crippen LogP contribution in [-0.4, -0.2) is 24.9 Å². The highest BCUT2D eigenvalue weighted by atomic mass is 32.2. The quantitative estimate of drug-likeness (QED) is 0.702. The number of benzene rings is 1. The summed E-state index contributed by atoms with van der Waals surface area (Å²) < 4.78 is 20.7. The Morgan fingerprint density at radius 3 is 2.96 bits per heavy atom. The van der Waals surface area contributed by atoms with Crippen LogP contribution in [0.3, 0.4) is 0 Å². The molecule has 25 heavy (non-hydrogen) atoms. The third-order valence-corrected chi connectivity index (χ3v) is 5.14. The Balaban J connectivity index is 1.55. The summed E-state index contributed by atoms with van der Waals surface area (Å²) in [4.78, 5) is 16.2. The van der Waals surface area contributed by atoms with Gasteiger partial charge in [-0.3, -0.25) is 4.57 Å². The smallest absolute Gasteiger partial charge is 0.338 e. The third kappa shape index (κ3) is 3.11. The fourth-order valence-electron chi connectivity index (χ4n) is 2.49. The first kappa shape index (κ1) is 16.1. The number of hydrogen-bond donors (Lipinski definition) is 1. The number of aromatic nitrogens is 5. The van der Waals surface area contributed by atoms with Crippen LogP contribution in [0.4, 0.5) is 4.39 Å². The summed E-state index contributed by atoms with van der Waals surface area (Å²) in [6.45, 7) is 3.59. The molecule has 7 nitrogen and oxygen atoms in total. The molecule has 1 aromatic carbocycles. The first-order valence-electron chi connectivity index (χ1n) is 7.96. The lowest BCUT2D eigenvalue weighted by Crippen LogP contribution is -2.16. The molecule has 1 unspecified atom stereocenters. The van der Waals surface area contributed by atoms with E-state index in [1.165, 1.54) is 17.8 Å². The van der Waals surface area contributed by atoms with Crippen LogP contribution in [0.15, 0.2) is 32.7 Å². The number of halogens is 1. The minimum atomic E-state index is -0.309. The first-order chi connectivity index (χ1) is 12.0. The van der Waals surface area contributed by atoms with Crippen LogP contribution >= 0.6 is 11.8 Å². The summed E-state index contributed by atoms with van der Waals surface area (Å²) in [5, 5.41) is 10.9. The van der Waals surface area contributed by atoms with Crippen LogP contribution in [0, 0.1) is 12.7 Å². The van der Waals surface area contributed by atoms with Crippen molar-refractivity contribution in [2.45, 2.75) is 43.1 Å². The fourth-order valence-corrected chi connectivity index (χ4v) is 3.44. The van der Waals surface area contributed by atoms with Gasteiger partial charge in [0.15, 0.2) is 5.16 Å². The van der Waals surface area contributed by atoms with Crippen LogP contribution in [0.25, 0.3) is 11.4 Å². The number of aromatic amines is 1. The summed E-state index contributed by atoms with van der Waals surface area (Å²) >= 11 is 1.38. The Kier molecular flexibility index (Phi) is 3.95. The fraction of sp³-hybridized carbons (Fsp3) is 0.375. The van der Waals surface area contributed by atoms with E-state index in [1.807, 2.05) is 6.92 Å². The Bertz CT molecular complexity index is 975. The van der Waals surface area contributed by atoms with Gasteiger partial charge in [0.25, 0.3) is 0 Å². The lowest BCUT2D eigenvalue weighted by Gasteiger charge is -2.06. The van der Waals surface area contributed by atoms with Gasteiger partial charge >= 0.3 is 5.69 Å². The van der Waals surface area contributed by atoms with Gasteiger partial charge < -0.3 is 4.52 Å². The van der Waals surface area contributed by atoms with Gasteiger partial charge in [0.05, 0.1) is 5.25 Å². The Morgan fingerprint density at radius 1 is 1.44 bits per heavy atom. The predicted octanol–water partition coefficient (Wildman–Crippen LogP) is 3.26. The van der Waals surface area contributed by atoms with Crippen molar-refractivity contribution in [3.63, 3.8) is 0 Å². The average molecular weight is 361 g/mol. The highest BCUT2D eigenvalue weighted by molar-refractivity contribution is 7.99. The van der Waals surface area contributed by atoms with E-state index in [9.17, 15) is 9.18 Å². The van der Waals surface area contributed by atoms with Gasteiger partial charge in [-0.25, -0.2) is 14.3 Å². The van der Waals surface area contributed by atoms with E-state index in [4.69, 9.17) is 4.52 Å². The SMILES string of the molecule is Cc1ccc(-c2noc(C(C)Sc3n[nH]c(=O)n3C3CC3)n2)cc1F. The molecule has 130 valence electrons. The second kappa shape index (κ2) is 6.14. The maximum atomic E-state index is 13.7. The topological polar surface area (TPSA) is 89.6 Å². The first-order valence-corrected chi connectivity index (χ1v) is 8.84. The molecule has 2 aromatic heterocycles. The van der Waals surface area contributed by atoms with Gasteiger partial charge in [0, 0.05) is 11.6 Å². The third-order valence-electron chi connectivity index (χ3n) is 4.09. The summed E-state index contributed by atoms with van der Waals surface area (Å²) in [7, 11) is 0. The van der Waals surface area contributed by atoms with Gasteiger partial charge in [-0.05, 0) is 38.3 Å². The minimum absolute atomic E-state index is 0.191. The number of nitrogens with one attached hydrogen (secondary N) is 1. The molecule has 1 atom stereocenters. The Labute approximate surface area is 146 Å². The average Bonchev–Trinajstić information content (AvgIpc) is 3.17. The maximum absolute atomic E-state index is 13.7. The van der Waals surface area contributed by atoms with Crippen molar-refractivity contribution >= 4 is 11.8 Å². The monoisotopic (exact) mass is 361 g/mol. The number of thioether (sulfide) groups is 1. The zero-order valence-corrected chi connectivity index (χ0v) is 14.5. The van der Waals surface area contributed by atoms with Gasteiger partial charge in [0.1, 0.15) is 5.82 Å². The molecule has 0 radical (unpaired) electrons. The molecule has 1 N–H and O–H groups in total. The lowest BCUT2D eigenvalue weighted by molar-refractivity contribution is 0.380. The Morgan fingerprint density at radius 2 is 2.24 bits per heavy atom. The van der Waals surface area contributed by atoms with E-state index in [-0.39, 0.29) is 22.8 Å². The zero-order chi connectivity index (χ0) is 17.6. The number of hydrogen-bond acceptors (Lipinski definition) is 6. The molecule has 2 heterocycles. The molecule has 0 aliphatic heterocycles. The van der Waals surface area contributed by atoms with Crippen LogP contribution in [0.5, 0.6) is 0 Å². The minimum Gasteiger partial charge on any atom is -0.338 e. The van der Waals surface area contributed by atoms with Crippen molar-refractivity contribution < 1.29 is 8.91 Å². The molecule has 1 aliphatic rings. The van der Waals surface area contributed by atoms with E-state index in [0.717, 1.165) is 12.8 Å².